The summed E-state index contributed by atoms with van der Waals surface area (Å²) in [5.74, 6) is -0.356. The maximum Gasteiger partial charge on any atom is 0.394 e. The first kappa shape index (κ1) is 20.4. The number of pyridine rings is 1. The predicted octanol–water partition coefficient (Wildman–Crippen LogP) is 3.27. The fraction of sp³-hybridized carbons (Fsp3) is 0.250. The van der Waals surface area contributed by atoms with Crippen molar-refractivity contribution in [2.75, 3.05) is 0 Å². The topological polar surface area (TPSA) is 89.3 Å². The molecule has 0 saturated carbocycles. The molecule has 0 radical (unpaired) electrons. The molecule has 1 amide bonds. The van der Waals surface area contributed by atoms with Gasteiger partial charge in [-0.05, 0) is 48.9 Å². The van der Waals surface area contributed by atoms with Gasteiger partial charge in [0, 0.05) is 13.1 Å². The first-order chi connectivity index (χ1) is 13.7. The molecule has 3 rings (SSSR count). The molecule has 0 aliphatic heterocycles. The van der Waals surface area contributed by atoms with Gasteiger partial charge < -0.3 is 15.2 Å². The maximum absolute atomic E-state index is 13.0. The number of ether oxygens (including phenoxy) is 1. The van der Waals surface area contributed by atoms with Crippen molar-refractivity contribution in [2.24, 2.45) is 0 Å². The molecule has 0 unspecified atom stereocenters. The second-order valence-corrected chi connectivity index (χ2v) is 6.46. The summed E-state index contributed by atoms with van der Waals surface area (Å²) in [6.45, 7) is 5.79. The van der Waals surface area contributed by atoms with Crippen molar-refractivity contribution in [3.8, 4) is 11.4 Å². The molecule has 0 spiro atoms. The minimum absolute atomic E-state index is 0.00816. The number of hydrogen-bond acceptors (Lipinski definition) is 5. The third-order valence-corrected chi connectivity index (χ3v) is 4.12. The Morgan fingerprint density at radius 3 is 2.66 bits per heavy atom. The average Bonchev–Trinajstić information content (AvgIpc) is 3.04. The lowest BCUT2D eigenvalue weighted by Crippen LogP contribution is -2.20. The molecule has 1 aromatic carbocycles. The fourth-order valence-corrected chi connectivity index (χ4v) is 2.90. The summed E-state index contributed by atoms with van der Waals surface area (Å²) >= 11 is 0. The van der Waals surface area contributed by atoms with E-state index in [0.717, 1.165) is 6.08 Å². The molecule has 1 atom stereocenters. The Balaban J connectivity index is 2.07. The molecule has 2 heterocycles. The lowest BCUT2D eigenvalue weighted by molar-refractivity contribution is -0.158. The number of carbonyl (C=O) groups is 1. The first-order valence-electron chi connectivity index (χ1n) is 8.81. The summed E-state index contributed by atoms with van der Waals surface area (Å²) in [6.07, 6.45) is -1.38. The van der Waals surface area contributed by atoms with E-state index < -0.39 is 12.2 Å². The molecule has 0 aliphatic rings. The van der Waals surface area contributed by atoms with Gasteiger partial charge in [0.25, 0.3) is 0 Å². The van der Waals surface area contributed by atoms with Crippen LogP contribution in [-0.4, -0.2) is 31.9 Å². The third-order valence-electron chi connectivity index (χ3n) is 4.12. The maximum atomic E-state index is 13.0. The monoisotopic (exact) mass is 402 g/mol. The van der Waals surface area contributed by atoms with Crippen LogP contribution in [0.3, 0.4) is 0 Å². The SMILES string of the molecule is C=CC(=O)NCc1nn(-c2ccc(OC(C)(F)F)cc2)c2nccc([C@H](C)O)c12. The Hall–Kier alpha value is -3.33. The highest BCUT2D eigenvalue weighted by atomic mass is 19.3. The molecular weight excluding hydrogens is 382 g/mol. The summed E-state index contributed by atoms with van der Waals surface area (Å²) in [5, 5.41) is 17.9. The molecule has 0 aliphatic carbocycles. The number of nitrogens with one attached hydrogen (secondary N) is 1. The van der Waals surface area contributed by atoms with Crippen molar-refractivity contribution < 1.29 is 23.4 Å². The van der Waals surface area contributed by atoms with Gasteiger partial charge in [-0.3, -0.25) is 4.79 Å². The second kappa shape index (κ2) is 7.96. The van der Waals surface area contributed by atoms with Crippen LogP contribution < -0.4 is 10.1 Å². The van der Waals surface area contributed by atoms with E-state index in [4.69, 9.17) is 0 Å². The molecule has 0 fully saturated rings. The Bertz CT molecular complexity index is 1040. The predicted molar refractivity (Wildman–Crippen MR) is 103 cm³/mol. The number of aliphatic hydroxyl groups excluding tert-OH is 1. The summed E-state index contributed by atoms with van der Waals surface area (Å²) in [4.78, 5) is 15.9. The minimum atomic E-state index is -3.29. The molecule has 7 nitrogen and oxygen atoms in total. The van der Waals surface area contributed by atoms with Gasteiger partial charge in [-0.1, -0.05) is 6.58 Å². The fourth-order valence-electron chi connectivity index (χ4n) is 2.90. The first-order valence-corrected chi connectivity index (χ1v) is 8.81. The van der Waals surface area contributed by atoms with E-state index in [0.29, 0.717) is 34.9 Å². The number of halogens is 2. The zero-order valence-corrected chi connectivity index (χ0v) is 15.9. The number of benzene rings is 1. The number of alkyl halides is 2. The van der Waals surface area contributed by atoms with Gasteiger partial charge in [-0.25, -0.2) is 9.67 Å². The van der Waals surface area contributed by atoms with E-state index in [1.165, 1.54) is 16.8 Å². The van der Waals surface area contributed by atoms with Gasteiger partial charge in [0.1, 0.15) is 5.75 Å². The van der Waals surface area contributed by atoms with Crippen molar-refractivity contribution in [3.05, 3.63) is 60.4 Å². The van der Waals surface area contributed by atoms with Gasteiger partial charge in [-0.15, -0.1) is 0 Å². The number of aliphatic hydroxyl groups is 1. The van der Waals surface area contributed by atoms with Crippen LogP contribution in [-0.2, 0) is 11.3 Å². The molecule has 3 aromatic rings. The van der Waals surface area contributed by atoms with Crippen LogP contribution in [0.2, 0.25) is 0 Å². The molecule has 9 heteroatoms. The van der Waals surface area contributed by atoms with Crippen molar-refractivity contribution in [2.45, 2.75) is 32.6 Å². The van der Waals surface area contributed by atoms with Gasteiger partial charge in [0.2, 0.25) is 5.91 Å². The largest absolute Gasteiger partial charge is 0.433 e. The van der Waals surface area contributed by atoms with Gasteiger partial charge in [-0.2, -0.15) is 13.9 Å². The van der Waals surface area contributed by atoms with Crippen molar-refractivity contribution >= 4 is 16.9 Å². The van der Waals surface area contributed by atoms with Crippen LogP contribution in [0.1, 0.15) is 31.2 Å². The lowest BCUT2D eigenvalue weighted by atomic mass is 10.1. The number of rotatable bonds is 7. The Morgan fingerprint density at radius 2 is 2.07 bits per heavy atom. The summed E-state index contributed by atoms with van der Waals surface area (Å²) in [7, 11) is 0. The van der Waals surface area contributed by atoms with Crippen LogP contribution in [0.5, 0.6) is 5.75 Å². The number of aromatic nitrogens is 3. The van der Waals surface area contributed by atoms with Crippen molar-refractivity contribution in [3.63, 3.8) is 0 Å². The van der Waals surface area contributed by atoms with Crippen molar-refractivity contribution in [1.29, 1.82) is 0 Å². The van der Waals surface area contributed by atoms with E-state index >= 15 is 0 Å². The van der Waals surface area contributed by atoms with Crippen LogP contribution in [0, 0.1) is 0 Å². The standard InChI is InChI=1S/C20H20F2N4O3/c1-4-17(28)24-11-16-18-15(12(2)27)9-10-23-19(18)26(25-16)13-5-7-14(8-6-13)29-20(3,21)22/h4-10,12,27H,1,11H2,2-3H3,(H,24,28)/t12-/m0/s1. The normalized spacial score (nSPS) is 12.6. The van der Waals surface area contributed by atoms with Crippen LogP contribution in [0.25, 0.3) is 16.7 Å². The molecule has 29 heavy (non-hydrogen) atoms. The van der Waals surface area contributed by atoms with Crippen molar-refractivity contribution in [1.82, 2.24) is 20.1 Å². The van der Waals surface area contributed by atoms with E-state index in [1.54, 1.807) is 31.3 Å². The number of fused-ring (bicyclic) bond motifs is 1. The molecular formula is C20H20F2N4O3. The highest BCUT2D eigenvalue weighted by molar-refractivity contribution is 5.88. The van der Waals surface area contributed by atoms with Crippen LogP contribution in [0.4, 0.5) is 8.78 Å². The Labute approximate surface area is 165 Å². The zero-order valence-electron chi connectivity index (χ0n) is 15.9. The average molecular weight is 402 g/mol. The zero-order chi connectivity index (χ0) is 21.2. The second-order valence-electron chi connectivity index (χ2n) is 6.46. The number of nitrogens with zero attached hydrogens (tertiary/aromatic N) is 3. The number of hydrogen-bond donors (Lipinski definition) is 2. The number of amides is 1. The quantitative estimate of drug-likeness (QED) is 0.592. The Morgan fingerprint density at radius 1 is 1.38 bits per heavy atom. The molecule has 152 valence electrons. The lowest BCUT2D eigenvalue weighted by Gasteiger charge is -2.13. The Kier molecular flexibility index (Phi) is 5.60. The smallest absolute Gasteiger partial charge is 0.394 e. The summed E-state index contributed by atoms with van der Waals surface area (Å²) < 4.78 is 32.1. The molecule has 0 bridgehead atoms. The number of carbonyl (C=O) groups excluding carboxylic acids is 1. The van der Waals surface area contributed by atoms with Crippen LogP contribution in [0.15, 0.2) is 49.2 Å². The van der Waals surface area contributed by atoms with E-state index in [1.807, 2.05) is 0 Å². The molecule has 2 aromatic heterocycles. The summed E-state index contributed by atoms with van der Waals surface area (Å²) in [6, 6.07) is 7.61. The molecule has 2 N–H and O–H groups in total. The highest BCUT2D eigenvalue weighted by Crippen LogP contribution is 2.29. The van der Waals surface area contributed by atoms with Gasteiger partial charge >= 0.3 is 6.11 Å². The highest BCUT2D eigenvalue weighted by Gasteiger charge is 2.23. The third kappa shape index (κ3) is 4.57. The van der Waals surface area contributed by atoms with Gasteiger partial charge in [0.15, 0.2) is 5.65 Å². The summed E-state index contributed by atoms with van der Waals surface area (Å²) in [5.41, 5.74) is 2.12. The minimum Gasteiger partial charge on any atom is -0.433 e. The molecule has 0 saturated heterocycles. The van der Waals surface area contributed by atoms with E-state index in [9.17, 15) is 18.7 Å². The van der Waals surface area contributed by atoms with E-state index in [2.05, 4.69) is 26.7 Å². The van der Waals surface area contributed by atoms with Gasteiger partial charge in [0.05, 0.1) is 29.4 Å². The van der Waals surface area contributed by atoms with E-state index in [-0.39, 0.29) is 18.2 Å². The van der Waals surface area contributed by atoms with Crippen LogP contribution >= 0.6 is 0 Å².